The third-order valence-corrected chi connectivity index (χ3v) is 3.70. The summed E-state index contributed by atoms with van der Waals surface area (Å²) in [6, 6.07) is 10.3. The number of Topliss-reactive ketones (excluding diaryl/α,β-unsaturated/α-hetero) is 1. The maximum Gasteiger partial charge on any atom is 0.420 e. The highest BCUT2D eigenvalue weighted by atomic mass is 19.1. The highest BCUT2D eigenvalue weighted by molar-refractivity contribution is 5.98. The van der Waals surface area contributed by atoms with E-state index in [9.17, 15) is 18.8 Å². The van der Waals surface area contributed by atoms with Crippen LogP contribution in [0.2, 0.25) is 0 Å². The molecule has 0 N–H and O–H groups in total. The Kier molecular flexibility index (Phi) is 4.83. The molecule has 0 saturated heterocycles. The predicted molar refractivity (Wildman–Crippen MR) is 88.7 cm³/mol. The van der Waals surface area contributed by atoms with Crippen LogP contribution in [-0.4, -0.2) is 30.0 Å². The Morgan fingerprint density at radius 3 is 2.69 bits per heavy atom. The second kappa shape index (κ2) is 7.22. The molecule has 0 atom stereocenters. The first-order valence-corrected chi connectivity index (χ1v) is 7.60. The maximum atomic E-state index is 13.6. The van der Waals surface area contributed by atoms with Crippen LogP contribution in [0.25, 0.3) is 11.1 Å². The average molecular weight is 359 g/mol. The van der Waals surface area contributed by atoms with Gasteiger partial charge >= 0.3 is 11.7 Å². The van der Waals surface area contributed by atoms with Crippen molar-refractivity contribution < 1.29 is 27.9 Å². The fourth-order valence-corrected chi connectivity index (χ4v) is 2.41. The van der Waals surface area contributed by atoms with Gasteiger partial charge in [-0.1, -0.05) is 12.1 Å². The van der Waals surface area contributed by atoms with E-state index >= 15 is 0 Å². The average Bonchev–Trinajstić information content (AvgIpc) is 2.95. The standard InChI is InChI=1S/C18H14FNO6/c1-24-15-7-6-11(8-12(15)19)14(21)10-25-17(22)9-20-13-4-2-3-5-16(13)26-18(20)23/h2-8H,9-10H2,1H3. The van der Waals surface area contributed by atoms with Gasteiger partial charge < -0.3 is 13.9 Å². The molecule has 134 valence electrons. The molecule has 0 amide bonds. The number of nitrogens with zero attached hydrogens (tertiary/aromatic N) is 1. The second-order valence-electron chi connectivity index (χ2n) is 5.36. The van der Waals surface area contributed by atoms with Gasteiger partial charge in [0, 0.05) is 5.56 Å². The van der Waals surface area contributed by atoms with Gasteiger partial charge in [0.05, 0.1) is 12.6 Å². The molecule has 0 unspecified atom stereocenters. The summed E-state index contributed by atoms with van der Waals surface area (Å²) in [4.78, 5) is 35.8. The number of fused-ring (bicyclic) bond motifs is 1. The van der Waals surface area contributed by atoms with Gasteiger partial charge in [-0.15, -0.1) is 0 Å². The van der Waals surface area contributed by atoms with Crippen LogP contribution in [0.1, 0.15) is 10.4 Å². The highest BCUT2D eigenvalue weighted by Gasteiger charge is 2.16. The number of carbonyl (C=O) groups is 2. The van der Waals surface area contributed by atoms with Crippen molar-refractivity contribution in [2.45, 2.75) is 6.54 Å². The molecular formula is C18H14FNO6. The number of carbonyl (C=O) groups excluding carboxylic acids is 2. The van der Waals surface area contributed by atoms with E-state index in [1.165, 1.54) is 19.2 Å². The van der Waals surface area contributed by atoms with Crippen molar-refractivity contribution in [3.8, 4) is 5.75 Å². The number of oxazole rings is 1. The van der Waals surface area contributed by atoms with Crippen molar-refractivity contribution in [1.29, 1.82) is 0 Å². The summed E-state index contributed by atoms with van der Waals surface area (Å²) in [5, 5.41) is 0. The minimum atomic E-state index is -0.791. The van der Waals surface area contributed by atoms with Gasteiger partial charge in [-0.2, -0.15) is 0 Å². The molecule has 0 aliphatic carbocycles. The summed E-state index contributed by atoms with van der Waals surface area (Å²) < 4.78 is 29.4. The van der Waals surface area contributed by atoms with Crippen molar-refractivity contribution in [2.75, 3.05) is 13.7 Å². The molecule has 0 saturated carbocycles. The number of rotatable bonds is 6. The smallest absolute Gasteiger partial charge is 0.420 e. The van der Waals surface area contributed by atoms with E-state index in [0.29, 0.717) is 11.1 Å². The molecule has 0 fully saturated rings. The lowest BCUT2D eigenvalue weighted by atomic mass is 10.1. The molecule has 2 aromatic carbocycles. The van der Waals surface area contributed by atoms with E-state index in [4.69, 9.17) is 13.9 Å². The van der Waals surface area contributed by atoms with Crippen molar-refractivity contribution in [3.63, 3.8) is 0 Å². The molecule has 7 nitrogen and oxygen atoms in total. The van der Waals surface area contributed by atoms with E-state index in [-0.39, 0.29) is 11.3 Å². The third kappa shape index (κ3) is 3.49. The molecule has 26 heavy (non-hydrogen) atoms. The SMILES string of the molecule is COc1ccc(C(=O)COC(=O)Cn2c(=O)oc3ccccc32)cc1F. The van der Waals surface area contributed by atoms with Crippen LogP contribution in [-0.2, 0) is 16.1 Å². The number of aromatic nitrogens is 1. The number of halogens is 1. The Bertz CT molecular complexity index is 1040. The van der Waals surface area contributed by atoms with Gasteiger partial charge in [0.25, 0.3) is 0 Å². The van der Waals surface area contributed by atoms with Gasteiger partial charge in [0.1, 0.15) is 6.54 Å². The van der Waals surface area contributed by atoms with Crippen LogP contribution < -0.4 is 10.5 Å². The Morgan fingerprint density at radius 1 is 1.19 bits per heavy atom. The third-order valence-electron chi connectivity index (χ3n) is 3.70. The fourth-order valence-electron chi connectivity index (χ4n) is 2.41. The monoisotopic (exact) mass is 359 g/mol. The number of ether oxygens (including phenoxy) is 2. The minimum Gasteiger partial charge on any atom is -0.494 e. The van der Waals surface area contributed by atoms with Crippen LogP contribution in [0.3, 0.4) is 0 Å². The first kappa shape index (κ1) is 17.4. The molecule has 0 spiro atoms. The lowest BCUT2D eigenvalue weighted by molar-refractivity contribution is -0.143. The summed E-state index contributed by atoms with van der Waals surface area (Å²) in [5.41, 5.74) is 0.829. The van der Waals surface area contributed by atoms with Crippen LogP contribution >= 0.6 is 0 Å². The number of hydrogen-bond acceptors (Lipinski definition) is 6. The van der Waals surface area contributed by atoms with Gasteiger partial charge in [0.15, 0.2) is 29.5 Å². The summed E-state index contributed by atoms with van der Waals surface area (Å²) in [6.45, 7) is -0.977. The molecule has 1 aromatic heterocycles. The molecule has 0 aliphatic rings. The summed E-state index contributed by atoms with van der Waals surface area (Å²) in [7, 11) is 1.31. The van der Waals surface area contributed by atoms with Gasteiger partial charge in [0.2, 0.25) is 0 Å². The van der Waals surface area contributed by atoms with Gasteiger partial charge in [-0.25, -0.2) is 9.18 Å². The Morgan fingerprint density at radius 2 is 1.96 bits per heavy atom. The molecule has 0 aliphatic heterocycles. The maximum absolute atomic E-state index is 13.6. The van der Waals surface area contributed by atoms with Crippen LogP contribution in [0.5, 0.6) is 5.75 Å². The number of esters is 1. The first-order valence-electron chi connectivity index (χ1n) is 7.60. The minimum absolute atomic E-state index is 0.00440. The second-order valence-corrected chi connectivity index (χ2v) is 5.36. The summed E-state index contributed by atoms with van der Waals surface area (Å²) in [5.74, 6) is -2.76. The van der Waals surface area contributed by atoms with E-state index in [1.807, 2.05) is 0 Å². The zero-order chi connectivity index (χ0) is 18.7. The zero-order valence-electron chi connectivity index (χ0n) is 13.7. The Hall–Kier alpha value is -3.42. The van der Waals surface area contributed by atoms with E-state index in [0.717, 1.165) is 10.6 Å². The largest absolute Gasteiger partial charge is 0.494 e. The van der Waals surface area contributed by atoms with E-state index in [2.05, 4.69) is 0 Å². The summed E-state index contributed by atoms with van der Waals surface area (Å²) >= 11 is 0. The molecule has 3 rings (SSSR count). The van der Waals surface area contributed by atoms with Crippen molar-refractivity contribution in [3.05, 3.63) is 64.4 Å². The Labute approximate surface area is 146 Å². The molecule has 3 aromatic rings. The fraction of sp³-hybridized carbons (Fsp3) is 0.167. The van der Waals surface area contributed by atoms with Crippen LogP contribution in [0, 0.1) is 5.82 Å². The van der Waals surface area contributed by atoms with E-state index in [1.54, 1.807) is 24.3 Å². The predicted octanol–water partition coefficient (Wildman–Crippen LogP) is 2.17. The summed E-state index contributed by atoms with van der Waals surface area (Å²) in [6.07, 6.45) is 0. The van der Waals surface area contributed by atoms with E-state index < -0.39 is 36.5 Å². The molecule has 0 bridgehead atoms. The number of benzene rings is 2. The lowest BCUT2D eigenvalue weighted by Gasteiger charge is -2.06. The Balaban J connectivity index is 1.65. The van der Waals surface area contributed by atoms with Gasteiger partial charge in [-0.05, 0) is 30.3 Å². The molecule has 8 heteroatoms. The van der Waals surface area contributed by atoms with Crippen LogP contribution in [0.4, 0.5) is 4.39 Å². The molecule has 1 heterocycles. The number of ketones is 1. The quantitative estimate of drug-likeness (QED) is 0.495. The first-order chi connectivity index (χ1) is 12.5. The van der Waals surface area contributed by atoms with Crippen LogP contribution in [0.15, 0.2) is 51.7 Å². The topological polar surface area (TPSA) is 87.7 Å². The molecule has 0 radical (unpaired) electrons. The number of para-hydroxylation sites is 2. The zero-order valence-corrected chi connectivity index (χ0v) is 13.7. The molecular weight excluding hydrogens is 345 g/mol. The van der Waals surface area contributed by atoms with Gasteiger partial charge in [-0.3, -0.25) is 14.2 Å². The lowest BCUT2D eigenvalue weighted by Crippen LogP contribution is -2.23. The van der Waals surface area contributed by atoms with Crippen molar-refractivity contribution in [2.24, 2.45) is 0 Å². The number of methoxy groups -OCH3 is 1. The van der Waals surface area contributed by atoms with Crippen molar-refractivity contribution in [1.82, 2.24) is 4.57 Å². The van der Waals surface area contributed by atoms with Crippen molar-refractivity contribution >= 4 is 22.9 Å². The highest BCUT2D eigenvalue weighted by Crippen LogP contribution is 2.18. The normalized spacial score (nSPS) is 10.7. The number of hydrogen-bond donors (Lipinski definition) is 0.